The summed E-state index contributed by atoms with van der Waals surface area (Å²) >= 11 is 0. The Hall–Kier alpha value is -1.77. The van der Waals surface area contributed by atoms with Crippen LogP contribution in [0.25, 0.3) is 0 Å². The first-order chi connectivity index (χ1) is 7.31. The van der Waals surface area contributed by atoms with Gasteiger partial charge in [-0.2, -0.15) is 5.26 Å². The molecule has 0 unspecified atom stereocenters. The summed E-state index contributed by atoms with van der Waals surface area (Å²) in [5, 5.41) is 8.87. The Kier molecular flexibility index (Phi) is 4.41. The van der Waals surface area contributed by atoms with Crippen LogP contribution in [0.1, 0.15) is 12.5 Å². The van der Waals surface area contributed by atoms with Gasteiger partial charge in [0.25, 0.3) is 0 Å². The lowest BCUT2D eigenvalue weighted by Crippen LogP contribution is -2.30. The molecule has 0 amide bonds. The minimum absolute atomic E-state index is 0.451. The van der Waals surface area contributed by atoms with Crippen LogP contribution in [0.15, 0.2) is 18.2 Å². The van der Waals surface area contributed by atoms with Crippen molar-refractivity contribution >= 4 is 0 Å². The molecule has 0 aliphatic carbocycles. The van der Waals surface area contributed by atoms with Gasteiger partial charge < -0.3 is 9.57 Å². The van der Waals surface area contributed by atoms with Crippen molar-refractivity contribution in [3.8, 4) is 17.6 Å². The van der Waals surface area contributed by atoms with Crippen LogP contribution in [-0.4, -0.2) is 13.7 Å². The first-order valence-electron chi connectivity index (χ1n) is 4.57. The maximum atomic E-state index is 8.87. The van der Waals surface area contributed by atoms with Crippen LogP contribution < -0.4 is 20.6 Å². The van der Waals surface area contributed by atoms with E-state index in [1.54, 1.807) is 25.2 Å². The monoisotopic (exact) mass is 207 g/mol. The second-order valence-corrected chi connectivity index (χ2v) is 2.66. The highest BCUT2D eigenvalue weighted by Crippen LogP contribution is 2.22. The van der Waals surface area contributed by atoms with Crippen molar-refractivity contribution in [3.63, 3.8) is 0 Å². The highest BCUT2D eigenvalue weighted by Gasteiger charge is 2.04. The zero-order valence-electron chi connectivity index (χ0n) is 8.70. The molecule has 0 fully saturated rings. The minimum Gasteiger partial charge on any atom is -0.492 e. The first-order valence-corrected chi connectivity index (χ1v) is 4.57. The summed E-state index contributed by atoms with van der Waals surface area (Å²) in [5.41, 5.74) is 5.53. The molecule has 0 atom stereocenters. The molecule has 1 aromatic carbocycles. The molecule has 5 heteroatoms. The number of hydrogen-bond donors (Lipinski definition) is 2. The lowest BCUT2D eigenvalue weighted by molar-refractivity contribution is 0.160. The van der Waals surface area contributed by atoms with E-state index in [0.29, 0.717) is 23.7 Å². The molecule has 15 heavy (non-hydrogen) atoms. The number of ether oxygens (including phenoxy) is 1. The Labute approximate surface area is 88.5 Å². The quantitative estimate of drug-likeness (QED) is 0.704. The zero-order valence-corrected chi connectivity index (χ0v) is 8.70. The van der Waals surface area contributed by atoms with E-state index in [2.05, 4.69) is 11.0 Å². The van der Waals surface area contributed by atoms with Crippen LogP contribution in [0.5, 0.6) is 11.5 Å². The Morgan fingerprint density at radius 1 is 1.47 bits per heavy atom. The maximum Gasteiger partial charge on any atom is 0.150 e. The van der Waals surface area contributed by atoms with Crippen LogP contribution in [0.4, 0.5) is 0 Å². The molecule has 0 heterocycles. The van der Waals surface area contributed by atoms with Gasteiger partial charge in [-0.3, -0.25) is 0 Å². The summed E-state index contributed by atoms with van der Waals surface area (Å²) in [6.45, 7) is 2.40. The third kappa shape index (κ3) is 3.13. The lowest BCUT2D eigenvalue weighted by Gasteiger charge is -2.08. The van der Waals surface area contributed by atoms with E-state index in [4.69, 9.17) is 14.8 Å². The molecular weight excluding hydrogens is 194 g/mol. The molecule has 0 spiro atoms. The van der Waals surface area contributed by atoms with Crippen LogP contribution in [0, 0.1) is 11.3 Å². The van der Waals surface area contributed by atoms with Gasteiger partial charge in [0.15, 0.2) is 5.75 Å². The topological polar surface area (TPSA) is 66.3 Å². The third-order valence-electron chi connectivity index (χ3n) is 1.64. The molecule has 0 bridgehead atoms. The van der Waals surface area contributed by atoms with Gasteiger partial charge in [0.05, 0.1) is 12.2 Å². The average Bonchev–Trinajstić information content (AvgIpc) is 2.28. The minimum atomic E-state index is 0.451. The van der Waals surface area contributed by atoms with Gasteiger partial charge in [0.2, 0.25) is 0 Å². The molecule has 0 saturated heterocycles. The predicted octanol–water partition coefficient (Wildman–Crippen LogP) is 0.975. The van der Waals surface area contributed by atoms with Crippen molar-refractivity contribution in [1.82, 2.24) is 11.0 Å². The molecule has 0 saturated carbocycles. The van der Waals surface area contributed by atoms with Crippen LogP contribution in [-0.2, 0) is 0 Å². The molecule has 0 aliphatic rings. The Morgan fingerprint density at radius 3 is 2.87 bits per heavy atom. The van der Waals surface area contributed by atoms with Crippen molar-refractivity contribution < 1.29 is 9.57 Å². The second kappa shape index (κ2) is 5.86. The van der Waals surface area contributed by atoms with Crippen molar-refractivity contribution in [2.75, 3.05) is 13.7 Å². The molecular formula is C10H13N3O2. The smallest absolute Gasteiger partial charge is 0.150 e. The number of rotatable bonds is 5. The van der Waals surface area contributed by atoms with E-state index >= 15 is 0 Å². The summed E-state index contributed by atoms with van der Waals surface area (Å²) < 4.78 is 5.27. The number of nitrogens with zero attached hydrogens (tertiary/aromatic N) is 1. The summed E-state index contributed by atoms with van der Waals surface area (Å²) in [6, 6.07) is 7.07. The van der Waals surface area contributed by atoms with Gasteiger partial charge in [-0.15, -0.1) is 0 Å². The number of nitriles is 1. The average molecular weight is 207 g/mol. The fraction of sp³-hybridized carbons (Fsp3) is 0.300. The molecule has 2 N–H and O–H groups in total. The molecule has 0 aliphatic heterocycles. The van der Waals surface area contributed by atoms with Crippen molar-refractivity contribution in [3.05, 3.63) is 23.8 Å². The summed E-state index contributed by atoms with van der Waals surface area (Å²) in [7, 11) is 1.68. The second-order valence-electron chi connectivity index (χ2n) is 2.66. The number of benzene rings is 1. The van der Waals surface area contributed by atoms with Crippen LogP contribution >= 0.6 is 0 Å². The molecule has 1 rings (SSSR count). The predicted molar refractivity (Wildman–Crippen MR) is 55.1 cm³/mol. The normalized spacial score (nSPS) is 9.40. The molecule has 1 aromatic rings. The van der Waals surface area contributed by atoms with E-state index in [9.17, 15) is 0 Å². The highest BCUT2D eigenvalue weighted by atomic mass is 16.7. The van der Waals surface area contributed by atoms with E-state index in [0.717, 1.165) is 0 Å². The fourth-order valence-corrected chi connectivity index (χ4v) is 1.05. The largest absolute Gasteiger partial charge is 0.492 e. The molecule has 80 valence electrons. The van der Waals surface area contributed by atoms with Crippen molar-refractivity contribution in [1.29, 1.82) is 5.26 Å². The van der Waals surface area contributed by atoms with Crippen LogP contribution in [0.3, 0.4) is 0 Å². The third-order valence-corrected chi connectivity index (χ3v) is 1.64. The van der Waals surface area contributed by atoms with Crippen molar-refractivity contribution in [2.24, 2.45) is 0 Å². The Morgan fingerprint density at radius 2 is 2.27 bits per heavy atom. The van der Waals surface area contributed by atoms with Crippen molar-refractivity contribution in [2.45, 2.75) is 6.92 Å². The fourth-order valence-electron chi connectivity index (χ4n) is 1.05. The van der Waals surface area contributed by atoms with Gasteiger partial charge in [-0.1, -0.05) is 5.59 Å². The van der Waals surface area contributed by atoms with Gasteiger partial charge in [-0.05, 0) is 19.1 Å². The standard InChI is InChI=1S/C10H13N3O2/c1-3-14-10-5-4-9(15-13-12-2)6-8(10)7-11/h4-6,12-13H,3H2,1-2H3. The first kappa shape index (κ1) is 11.3. The number of nitrogens with one attached hydrogen (secondary N) is 2. The summed E-state index contributed by atoms with van der Waals surface area (Å²) in [4.78, 5) is 5.06. The molecule has 0 aromatic heterocycles. The van der Waals surface area contributed by atoms with Gasteiger partial charge in [-0.25, -0.2) is 5.43 Å². The Bertz CT molecular complexity index is 360. The summed E-state index contributed by atoms with van der Waals surface area (Å²) in [6.07, 6.45) is 0. The Balaban J connectivity index is 2.83. The maximum absolute atomic E-state index is 8.87. The molecule has 5 nitrogen and oxygen atoms in total. The molecule has 0 radical (unpaired) electrons. The lowest BCUT2D eigenvalue weighted by atomic mass is 10.2. The summed E-state index contributed by atoms with van der Waals surface area (Å²) in [5.74, 6) is 1.11. The zero-order chi connectivity index (χ0) is 11.1. The van der Waals surface area contributed by atoms with E-state index in [1.807, 2.05) is 13.0 Å². The number of hydrogen-bond acceptors (Lipinski definition) is 5. The van der Waals surface area contributed by atoms with Crippen LogP contribution in [0.2, 0.25) is 0 Å². The van der Waals surface area contributed by atoms with E-state index in [1.165, 1.54) is 0 Å². The van der Waals surface area contributed by atoms with E-state index < -0.39 is 0 Å². The van der Waals surface area contributed by atoms with Gasteiger partial charge >= 0.3 is 0 Å². The SMILES string of the molecule is CCOc1ccc(ONNC)cc1C#N. The van der Waals surface area contributed by atoms with Gasteiger partial charge in [0, 0.05) is 13.1 Å². The van der Waals surface area contributed by atoms with E-state index in [-0.39, 0.29) is 0 Å². The van der Waals surface area contributed by atoms with Gasteiger partial charge in [0.1, 0.15) is 11.8 Å². The number of hydrazine groups is 1. The highest BCUT2D eigenvalue weighted by molar-refractivity contribution is 5.47.